The lowest BCUT2D eigenvalue weighted by atomic mass is 10.2. The third-order valence-corrected chi connectivity index (χ3v) is 4.95. The van der Waals surface area contributed by atoms with E-state index in [0.29, 0.717) is 0 Å². The molecular formula is C16H17F2NO2S. The van der Waals surface area contributed by atoms with Gasteiger partial charge in [0.2, 0.25) is 0 Å². The van der Waals surface area contributed by atoms with Gasteiger partial charge in [0.1, 0.15) is 12.0 Å². The molecular weight excluding hydrogens is 308 g/mol. The number of hydrogen-bond acceptors (Lipinski definition) is 2. The fourth-order valence-electron chi connectivity index (χ4n) is 2.02. The Morgan fingerprint density at radius 1 is 1.05 bits per heavy atom. The summed E-state index contributed by atoms with van der Waals surface area (Å²) < 4.78 is 52.9. The molecule has 0 aliphatic heterocycles. The molecule has 0 amide bonds. The molecule has 0 aromatic heterocycles. The van der Waals surface area contributed by atoms with Crippen molar-refractivity contribution in [1.29, 1.82) is 0 Å². The molecule has 0 saturated heterocycles. The van der Waals surface area contributed by atoms with Crippen molar-refractivity contribution < 1.29 is 17.2 Å². The van der Waals surface area contributed by atoms with Crippen molar-refractivity contribution in [1.82, 2.24) is 0 Å². The minimum atomic E-state index is -3.91. The number of nitrogens with zero attached hydrogens (tertiary/aromatic N) is 1. The maximum absolute atomic E-state index is 13.4. The number of hydrogen-bond donors (Lipinski definition) is 0. The van der Waals surface area contributed by atoms with Crippen LogP contribution < -0.4 is 4.31 Å². The van der Waals surface area contributed by atoms with E-state index in [1.807, 2.05) is 6.92 Å². The molecule has 0 N–H and O–H groups in total. The van der Waals surface area contributed by atoms with Gasteiger partial charge >= 0.3 is 0 Å². The number of aryl methyl sites for hydroxylation is 1. The van der Waals surface area contributed by atoms with Crippen molar-refractivity contribution in [3.05, 3.63) is 59.9 Å². The Morgan fingerprint density at radius 2 is 1.59 bits per heavy atom. The molecule has 22 heavy (non-hydrogen) atoms. The smallest absolute Gasteiger partial charge is 0.263 e. The Balaban J connectivity index is 2.48. The summed E-state index contributed by atoms with van der Waals surface area (Å²) in [6.07, 6.45) is -1.36. The summed E-state index contributed by atoms with van der Waals surface area (Å²) in [4.78, 5) is 0.0723. The number of halogens is 2. The highest BCUT2D eigenvalue weighted by molar-refractivity contribution is 7.92. The first kappa shape index (κ1) is 16.4. The van der Waals surface area contributed by atoms with Crippen LogP contribution in [-0.2, 0) is 10.0 Å². The van der Waals surface area contributed by atoms with Gasteiger partial charge in [0, 0.05) is 0 Å². The van der Waals surface area contributed by atoms with Crippen LogP contribution in [0.3, 0.4) is 0 Å². The molecule has 0 aliphatic rings. The lowest BCUT2D eigenvalue weighted by Gasteiger charge is -2.25. The summed E-state index contributed by atoms with van der Waals surface area (Å²) in [5.74, 6) is -0.482. The van der Waals surface area contributed by atoms with Gasteiger partial charge in [0.25, 0.3) is 10.0 Å². The Labute approximate surface area is 129 Å². The van der Waals surface area contributed by atoms with Crippen molar-refractivity contribution in [3.8, 4) is 0 Å². The van der Waals surface area contributed by atoms with Crippen LogP contribution in [0.1, 0.15) is 12.5 Å². The average molecular weight is 325 g/mol. The largest absolute Gasteiger partial charge is 0.264 e. The van der Waals surface area contributed by atoms with Gasteiger partial charge in [-0.3, -0.25) is 4.31 Å². The predicted molar refractivity (Wildman–Crippen MR) is 82.7 cm³/mol. The van der Waals surface area contributed by atoms with E-state index in [0.717, 1.165) is 22.0 Å². The first-order valence-corrected chi connectivity index (χ1v) is 8.24. The van der Waals surface area contributed by atoms with Gasteiger partial charge in [0.15, 0.2) is 0 Å². The van der Waals surface area contributed by atoms with Crippen LogP contribution >= 0.6 is 0 Å². The molecule has 1 unspecified atom stereocenters. The lowest BCUT2D eigenvalue weighted by Crippen LogP contribution is -2.35. The summed E-state index contributed by atoms with van der Waals surface area (Å²) in [5.41, 5.74) is 1.15. The third-order valence-electron chi connectivity index (χ3n) is 3.14. The van der Waals surface area contributed by atoms with E-state index in [2.05, 4.69) is 0 Å². The Bertz CT molecular complexity index is 726. The summed E-state index contributed by atoms with van der Waals surface area (Å²) in [7, 11) is -3.91. The maximum Gasteiger partial charge on any atom is 0.264 e. The molecule has 3 nitrogen and oxygen atoms in total. The van der Waals surface area contributed by atoms with Gasteiger partial charge in [-0.2, -0.15) is 0 Å². The van der Waals surface area contributed by atoms with Crippen LogP contribution in [-0.4, -0.2) is 21.1 Å². The third kappa shape index (κ3) is 3.62. The predicted octanol–water partition coefficient (Wildman–Crippen LogP) is 3.69. The molecule has 1 atom stereocenters. The first-order chi connectivity index (χ1) is 10.3. The standard InChI is InChI=1S/C16H17F2NO2S/c1-12-3-9-16(10-4-12)22(20,21)19(11-13(2)17)15-7-5-14(18)6-8-15/h3-10,13H,11H2,1-2H3. The fourth-order valence-corrected chi connectivity index (χ4v) is 3.55. The van der Waals surface area contributed by atoms with Crippen molar-refractivity contribution >= 4 is 15.7 Å². The van der Waals surface area contributed by atoms with E-state index in [9.17, 15) is 17.2 Å². The summed E-state index contributed by atoms with van der Waals surface area (Å²) in [6.45, 7) is 2.79. The SMILES string of the molecule is Cc1ccc(S(=O)(=O)N(CC(C)F)c2ccc(F)cc2)cc1. The van der Waals surface area contributed by atoms with Crippen molar-refractivity contribution in [2.45, 2.75) is 24.9 Å². The molecule has 0 spiro atoms. The number of rotatable bonds is 5. The zero-order chi connectivity index (χ0) is 16.3. The van der Waals surface area contributed by atoms with Gasteiger partial charge in [-0.05, 0) is 50.2 Å². The van der Waals surface area contributed by atoms with Gasteiger partial charge in [-0.1, -0.05) is 17.7 Å². The molecule has 0 saturated carbocycles. The van der Waals surface area contributed by atoms with Crippen LogP contribution in [0.5, 0.6) is 0 Å². The zero-order valence-corrected chi connectivity index (χ0v) is 13.1. The van der Waals surface area contributed by atoms with Gasteiger partial charge < -0.3 is 0 Å². The van der Waals surface area contributed by atoms with Crippen LogP contribution in [0, 0.1) is 12.7 Å². The first-order valence-electron chi connectivity index (χ1n) is 6.80. The van der Waals surface area contributed by atoms with E-state index in [1.54, 1.807) is 12.1 Å². The Hall–Kier alpha value is -1.95. The Morgan fingerprint density at radius 3 is 2.09 bits per heavy atom. The quantitative estimate of drug-likeness (QED) is 0.841. The van der Waals surface area contributed by atoms with Crippen LogP contribution in [0.4, 0.5) is 14.5 Å². The average Bonchev–Trinajstić information content (AvgIpc) is 2.46. The minimum absolute atomic E-state index is 0.0723. The van der Waals surface area contributed by atoms with Gasteiger partial charge in [0.05, 0.1) is 17.1 Å². The summed E-state index contributed by atoms with van der Waals surface area (Å²) in [5, 5.41) is 0. The molecule has 2 aromatic rings. The molecule has 0 fully saturated rings. The van der Waals surface area contributed by atoms with Gasteiger partial charge in [-0.25, -0.2) is 17.2 Å². The topological polar surface area (TPSA) is 37.4 Å². The number of alkyl halides is 1. The van der Waals surface area contributed by atoms with Crippen molar-refractivity contribution in [2.24, 2.45) is 0 Å². The number of anilines is 1. The highest BCUT2D eigenvalue weighted by atomic mass is 32.2. The molecule has 6 heteroatoms. The molecule has 0 radical (unpaired) electrons. The molecule has 2 rings (SSSR count). The second-order valence-corrected chi connectivity index (χ2v) is 6.97. The lowest BCUT2D eigenvalue weighted by molar-refractivity contribution is 0.370. The van der Waals surface area contributed by atoms with Crippen LogP contribution in [0.25, 0.3) is 0 Å². The second kappa shape index (κ2) is 6.44. The molecule has 0 aliphatic carbocycles. The minimum Gasteiger partial charge on any atom is -0.263 e. The van der Waals surface area contributed by atoms with Gasteiger partial charge in [-0.15, -0.1) is 0 Å². The van der Waals surface area contributed by atoms with Crippen molar-refractivity contribution in [2.75, 3.05) is 10.8 Å². The monoisotopic (exact) mass is 325 g/mol. The summed E-state index contributed by atoms with van der Waals surface area (Å²) in [6, 6.07) is 11.2. The van der Waals surface area contributed by atoms with E-state index in [4.69, 9.17) is 0 Å². The zero-order valence-electron chi connectivity index (χ0n) is 12.3. The van der Waals surface area contributed by atoms with E-state index in [1.165, 1.54) is 31.2 Å². The second-order valence-electron chi connectivity index (χ2n) is 5.11. The van der Waals surface area contributed by atoms with E-state index < -0.39 is 22.0 Å². The highest BCUT2D eigenvalue weighted by Crippen LogP contribution is 2.25. The van der Waals surface area contributed by atoms with Crippen LogP contribution in [0.2, 0.25) is 0 Å². The molecule has 0 heterocycles. The molecule has 118 valence electrons. The van der Waals surface area contributed by atoms with E-state index in [-0.39, 0.29) is 17.1 Å². The number of sulfonamides is 1. The Kier molecular flexibility index (Phi) is 4.81. The highest BCUT2D eigenvalue weighted by Gasteiger charge is 2.26. The molecule has 2 aromatic carbocycles. The van der Waals surface area contributed by atoms with Crippen molar-refractivity contribution in [3.63, 3.8) is 0 Å². The maximum atomic E-state index is 13.4. The van der Waals surface area contributed by atoms with E-state index >= 15 is 0 Å². The number of benzene rings is 2. The fraction of sp³-hybridized carbons (Fsp3) is 0.250. The van der Waals surface area contributed by atoms with Crippen LogP contribution in [0.15, 0.2) is 53.4 Å². The normalized spacial score (nSPS) is 12.9. The molecule has 0 bridgehead atoms. The summed E-state index contributed by atoms with van der Waals surface area (Å²) >= 11 is 0.